The number of rotatable bonds is 14. The number of carbonyl (C=O) groups excluding carboxylic acids is 2. The number of aromatic nitrogens is 2. The van der Waals surface area contributed by atoms with Crippen molar-refractivity contribution in [2.75, 3.05) is 14.2 Å². The number of carbonyl (C=O) groups is 2. The number of nitrogens with one attached hydrogen (secondary N) is 2. The van der Waals surface area contributed by atoms with E-state index < -0.39 is 64.3 Å². The Hall–Kier alpha value is -3.76. The largest absolute Gasteiger partial charge is 0.444 e. The number of aliphatic hydroxyl groups is 1. The molecule has 3 atom stereocenters. The van der Waals surface area contributed by atoms with Crippen LogP contribution in [0.5, 0.6) is 0 Å². The fourth-order valence-electron chi connectivity index (χ4n) is 5.39. The average Bonchev–Trinajstić information content (AvgIpc) is 3.47. The number of hydrogen-bond donors (Lipinski definition) is 3. The van der Waals surface area contributed by atoms with Crippen LogP contribution in [0.15, 0.2) is 30.7 Å². The predicted octanol–water partition coefficient (Wildman–Crippen LogP) is 4.38. The van der Waals surface area contributed by atoms with E-state index in [1.807, 2.05) is 0 Å². The lowest BCUT2D eigenvalue weighted by atomic mass is 9.84. The quantitative estimate of drug-likeness (QED) is 0.144. The molecule has 0 aliphatic heterocycles. The first-order chi connectivity index (χ1) is 21.6. The van der Waals surface area contributed by atoms with Crippen LogP contribution >= 0.6 is 7.60 Å². The molecule has 1 unspecified atom stereocenters. The Morgan fingerprint density at radius 1 is 1.09 bits per heavy atom. The van der Waals surface area contributed by atoms with Gasteiger partial charge in [0.1, 0.15) is 5.60 Å². The van der Waals surface area contributed by atoms with E-state index in [1.54, 1.807) is 20.8 Å². The molecule has 18 heteroatoms. The topological polar surface area (TPSA) is 227 Å². The van der Waals surface area contributed by atoms with Crippen molar-refractivity contribution >= 4 is 31.0 Å². The molecule has 1 aromatic carbocycles. The number of nitrogens with zero attached hydrogens (tertiary/aromatic N) is 4. The molecule has 3 rings (SSSR count). The third-order valence-corrected chi connectivity index (χ3v) is 9.60. The zero-order chi connectivity index (χ0) is 34.2. The van der Waals surface area contributed by atoms with E-state index in [0.29, 0.717) is 6.42 Å². The number of amides is 2. The Bertz CT molecular complexity index is 1410. The highest BCUT2D eigenvalue weighted by atomic mass is 31.2. The summed E-state index contributed by atoms with van der Waals surface area (Å²) >= 11 is 0. The summed E-state index contributed by atoms with van der Waals surface area (Å²) in [6, 6.07) is 0.731. The highest BCUT2D eigenvalue weighted by molar-refractivity contribution is 7.54. The SMILES string of the molecule is COP(=O)(OC)C(O)[C@H](CC1CCCCC1)N[C@@H](Cc1cncn1-c1cc([N+](=O)[O-])cc([N+](=O)[O-])c1)C(=O)NC(=O)OC(C)(C)C. The fraction of sp³-hybridized carbons (Fsp3) is 0.607. The first-order valence-electron chi connectivity index (χ1n) is 14.7. The summed E-state index contributed by atoms with van der Waals surface area (Å²) in [7, 11) is -1.80. The zero-order valence-electron chi connectivity index (χ0n) is 26.4. The summed E-state index contributed by atoms with van der Waals surface area (Å²) in [6.07, 6.45) is 6.34. The Morgan fingerprint density at radius 3 is 2.20 bits per heavy atom. The summed E-state index contributed by atoms with van der Waals surface area (Å²) in [6.45, 7) is 4.85. The molecule has 1 heterocycles. The average molecular weight is 669 g/mol. The molecule has 2 aromatic rings. The molecule has 0 spiro atoms. The van der Waals surface area contributed by atoms with E-state index in [9.17, 15) is 39.5 Å². The summed E-state index contributed by atoms with van der Waals surface area (Å²) in [5, 5.41) is 39.6. The Balaban J connectivity index is 2.04. The minimum Gasteiger partial charge on any atom is -0.444 e. The van der Waals surface area contributed by atoms with E-state index in [-0.39, 0.29) is 23.7 Å². The van der Waals surface area contributed by atoms with Crippen LogP contribution in [0.3, 0.4) is 0 Å². The van der Waals surface area contributed by atoms with Crippen molar-refractivity contribution in [1.29, 1.82) is 0 Å². The summed E-state index contributed by atoms with van der Waals surface area (Å²) in [4.78, 5) is 51.8. The van der Waals surface area contributed by atoms with Crippen molar-refractivity contribution in [3.63, 3.8) is 0 Å². The molecule has 1 fully saturated rings. The summed E-state index contributed by atoms with van der Waals surface area (Å²) in [5.74, 6) is -2.45. The molecule has 17 nitrogen and oxygen atoms in total. The van der Waals surface area contributed by atoms with Crippen LogP contribution in [-0.2, 0) is 29.6 Å². The van der Waals surface area contributed by atoms with Crippen molar-refractivity contribution in [3.05, 3.63) is 56.6 Å². The monoisotopic (exact) mass is 668 g/mol. The number of aliphatic hydroxyl groups excluding tert-OH is 1. The second-order valence-electron chi connectivity index (χ2n) is 12.1. The highest BCUT2D eigenvalue weighted by Gasteiger charge is 2.42. The minimum atomic E-state index is -4.07. The van der Waals surface area contributed by atoms with Gasteiger partial charge in [0, 0.05) is 50.7 Å². The van der Waals surface area contributed by atoms with Gasteiger partial charge in [-0.1, -0.05) is 32.1 Å². The molecule has 1 aromatic heterocycles. The number of nitro benzene ring substituents is 2. The van der Waals surface area contributed by atoms with Gasteiger partial charge in [-0.25, -0.2) is 9.78 Å². The molecule has 2 amide bonds. The van der Waals surface area contributed by atoms with Gasteiger partial charge in [0.05, 0.1) is 34.0 Å². The third kappa shape index (κ3) is 9.87. The second kappa shape index (κ2) is 15.7. The molecule has 1 saturated carbocycles. The molecule has 1 aliphatic rings. The molecule has 254 valence electrons. The van der Waals surface area contributed by atoms with E-state index in [4.69, 9.17) is 13.8 Å². The van der Waals surface area contributed by atoms with Gasteiger partial charge in [-0.3, -0.25) is 40.2 Å². The van der Waals surface area contributed by atoms with E-state index in [1.165, 1.54) is 17.1 Å². The molecule has 3 N–H and O–H groups in total. The number of benzene rings is 1. The van der Waals surface area contributed by atoms with Gasteiger partial charge in [0.15, 0.2) is 5.85 Å². The number of ether oxygens (including phenoxy) is 1. The maximum absolute atomic E-state index is 13.6. The first kappa shape index (κ1) is 36.7. The van der Waals surface area contributed by atoms with Crippen LogP contribution in [0.4, 0.5) is 16.2 Å². The highest BCUT2D eigenvalue weighted by Crippen LogP contribution is 2.52. The predicted molar refractivity (Wildman–Crippen MR) is 164 cm³/mol. The Kier molecular flexibility index (Phi) is 12.5. The Morgan fingerprint density at radius 2 is 1.67 bits per heavy atom. The van der Waals surface area contributed by atoms with Crippen molar-refractivity contribution in [2.24, 2.45) is 5.92 Å². The van der Waals surface area contributed by atoms with E-state index >= 15 is 0 Å². The number of alkyl carbamates (subject to hydrolysis) is 1. The molecule has 0 bridgehead atoms. The molecule has 0 saturated heterocycles. The molecular weight excluding hydrogens is 627 g/mol. The van der Waals surface area contributed by atoms with Crippen molar-refractivity contribution < 1.29 is 42.9 Å². The molecule has 46 heavy (non-hydrogen) atoms. The standard InChI is InChI=1S/C28H41N6O11P/c1-28(2,3)45-27(37)31-25(35)23(30-24(11-18-9-7-6-8-10-18)26(36)46(42,43-4)44-5)15-22-16-29-17-32(22)19-12-20(33(38)39)14-21(13-19)34(40)41/h12-14,16-18,23-24,26,30,36H,6-11,15H2,1-5H3,(H,31,35,37)/t23-,24-,26?/m0/s1. The van der Waals surface area contributed by atoms with Gasteiger partial charge in [0.25, 0.3) is 11.4 Å². The molecule has 1 aliphatic carbocycles. The number of imide groups is 1. The van der Waals surface area contributed by atoms with E-state index in [0.717, 1.165) is 64.5 Å². The third-order valence-electron chi connectivity index (χ3n) is 7.58. The molecular formula is C28H41N6O11P. The fourth-order valence-corrected chi connectivity index (χ4v) is 6.62. The maximum Gasteiger partial charge on any atom is 0.414 e. The lowest BCUT2D eigenvalue weighted by molar-refractivity contribution is -0.394. The van der Waals surface area contributed by atoms with Gasteiger partial charge < -0.3 is 23.5 Å². The van der Waals surface area contributed by atoms with Crippen LogP contribution in [0.2, 0.25) is 0 Å². The first-order valence-corrected chi connectivity index (χ1v) is 16.3. The van der Waals surface area contributed by atoms with Crippen LogP contribution < -0.4 is 10.6 Å². The maximum atomic E-state index is 13.6. The van der Waals surface area contributed by atoms with Crippen LogP contribution in [-0.4, -0.2) is 74.3 Å². The van der Waals surface area contributed by atoms with Crippen molar-refractivity contribution in [2.45, 2.75) is 89.2 Å². The zero-order valence-corrected chi connectivity index (χ0v) is 27.3. The van der Waals surface area contributed by atoms with Crippen molar-refractivity contribution in [1.82, 2.24) is 20.2 Å². The summed E-state index contributed by atoms with van der Waals surface area (Å²) in [5.41, 5.74) is -1.70. The molecule has 0 radical (unpaired) electrons. The van der Waals surface area contributed by atoms with Crippen LogP contribution in [0.25, 0.3) is 5.69 Å². The van der Waals surface area contributed by atoms with Crippen molar-refractivity contribution in [3.8, 4) is 5.69 Å². The lowest BCUT2D eigenvalue weighted by Crippen LogP contribution is -2.55. The van der Waals surface area contributed by atoms with Gasteiger partial charge >= 0.3 is 13.7 Å². The number of hydrogen-bond acceptors (Lipinski definition) is 13. The second-order valence-corrected chi connectivity index (χ2v) is 14.4. The van der Waals surface area contributed by atoms with Gasteiger partial charge in [-0.15, -0.1) is 0 Å². The van der Waals surface area contributed by atoms with Gasteiger partial charge in [-0.05, 0) is 33.1 Å². The summed E-state index contributed by atoms with van der Waals surface area (Å²) < 4.78 is 30.0. The minimum absolute atomic E-state index is 0.0294. The smallest absolute Gasteiger partial charge is 0.414 e. The Labute approximate surface area is 265 Å². The van der Waals surface area contributed by atoms with E-state index in [2.05, 4.69) is 15.6 Å². The number of non-ortho nitro benzene ring substituents is 2. The normalized spacial score (nSPS) is 16.3. The van der Waals surface area contributed by atoms with Crippen LogP contribution in [0, 0.1) is 26.1 Å². The van der Waals surface area contributed by atoms with Gasteiger partial charge in [0.2, 0.25) is 5.91 Å². The number of imidazole rings is 1. The van der Waals surface area contributed by atoms with Gasteiger partial charge in [-0.2, -0.15) is 0 Å². The lowest BCUT2D eigenvalue weighted by Gasteiger charge is -2.34. The number of nitro groups is 2. The van der Waals surface area contributed by atoms with Crippen LogP contribution in [0.1, 0.15) is 65.0 Å².